The van der Waals surface area contributed by atoms with Gasteiger partial charge in [0.05, 0.1) is 0 Å². The Labute approximate surface area is 66.7 Å². The van der Waals surface area contributed by atoms with Crippen LogP contribution < -0.4 is 0 Å². The average molecular weight is 286 g/mol. The average Bonchev–Trinajstić information content (AvgIpc) is 1.69. The second kappa shape index (κ2) is 10.6. The molecule has 0 aromatic heterocycles. The van der Waals surface area contributed by atoms with Gasteiger partial charge in [-0.1, -0.05) is 46.0 Å². The van der Waals surface area contributed by atoms with Crippen LogP contribution >= 0.6 is 0 Å². The number of unbranched alkanes of at least 4 members (excludes halogenated alkanes) is 4. The molecule has 0 aliphatic heterocycles. The van der Waals surface area contributed by atoms with Crippen LogP contribution in [0.4, 0.5) is 0 Å². The summed E-state index contributed by atoms with van der Waals surface area (Å²) in [5, 5.41) is 0. The molecule has 0 aromatic carbocycles. The summed E-state index contributed by atoms with van der Waals surface area (Å²) in [5.41, 5.74) is 0. The molecule has 0 aromatic rings. The maximum atomic E-state index is 2.25. The number of hydrogen-bond acceptors (Lipinski definition) is 0. The van der Waals surface area contributed by atoms with E-state index >= 15 is 0 Å². The zero-order valence-electron chi connectivity index (χ0n) is 5.91. The molecule has 0 fully saturated rings. The summed E-state index contributed by atoms with van der Waals surface area (Å²) in [5.74, 6) is 0. The van der Waals surface area contributed by atoms with Crippen LogP contribution in [0.5, 0.6) is 0 Å². The Kier molecular flexibility index (Phi) is 15.2. The van der Waals surface area contributed by atoms with E-state index in [1.165, 1.54) is 32.1 Å². The summed E-state index contributed by atoms with van der Waals surface area (Å²) in [6.45, 7) is 4.49. The van der Waals surface area contributed by atoms with E-state index in [-0.39, 0.29) is 20.4 Å². The van der Waals surface area contributed by atoms with E-state index in [9.17, 15) is 0 Å². The van der Waals surface area contributed by atoms with E-state index < -0.39 is 0 Å². The Hall–Kier alpha value is 0.662. The molecule has 51 valence electrons. The van der Waals surface area contributed by atoms with Gasteiger partial charge in [0.15, 0.2) is 0 Å². The van der Waals surface area contributed by atoms with Gasteiger partial charge in [-0.2, -0.15) is 0 Å². The van der Waals surface area contributed by atoms with Crippen LogP contribution in [0.1, 0.15) is 46.0 Å². The predicted molar refractivity (Wildman–Crippen MR) is 34.4 cm³/mol. The molecule has 0 nitrogen and oxygen atoms in total. The molecule has 0 amide bonds. The first-order valence-corrected chi connectivity index (χ1v) is 3.41. The quantitative estimate of drug-likeness (QED) is 0.697. The monoisotopic (exact) mass is 287 g/mol. The van der Waals surface area contributed by atoms with Gasteiger partial charge in [-0.25, -0.2) is 0 Å². The first-order chi connectivity index (χ1) is 3.41. The van der Waals surface area contributed by atoms with Gasteiger partial charge in [0.2, 0.25) is 0 Å². The van der Waals surface area contributed by atoms with E-state index in [0.717, 1.165) is 0 Å². The molecule has 0 atom stereocenters. The third kappa shape index (κ3) is 9.83. The van der Waals surface area contributed by atoms with Crippen molar-refractivity contribution in [3.63, 3.8) is 0 Å². The van der Waals surface area contributed by atoms with Crippen molar-refractivity contribution >= 4 is 0 Å². The van der Waals surface area contributed by atoms with E-state index in [1.54, 1.807) is 0 Å². The summed E-state index contributed by atoms with van der Waals surface area (Å²) in [7, 11) is 0. The maximum Gasteiger partial charge on any atom is 0 e. The van der Waals surface area contributed by atoms with Crippen LogP contribution in [-0.2, 0) is 20.4 Å². The largest absolute Gasteiger partial charge is 0.0654 e. The minimum atomic E-state index is 0. The molecule has 0 bridgehead atoms. The van der Waals surface area contributed by atoms with Crippen molar-refractivity contribution in [2.75, 3.05) is 0 Å². The van der Waals surface area contributed by atoms with Gasteiger partial charge in [-0.05, 0) is 0 Å². The van der Waals surface area contributed by atoms with Gasteiger partial charge in [0.25, 0.3) is 0 Å². The molecule has 0 saturated carbocycles. The third-order valence-corrected chi connectivity index (χ3v) is 1.21. The summed E-state index contributed by atoms with van der Waals surface area (Å²) >= 11 is 0. The zero-order valence-corrected chi connectivity index (χ0v) is 8.63. The van der Waals surface area contributed by atoms with Crippen LogP contribution in [0.3, 0.4) is 0 Å². The molecular weight excluding hydrogens is 270 g/mol. The van der Waals surface area contributed by atoms with E-state index in [0.29, 0.717) is 0 Å². The van der Waals surface area contributed by atoms with Gasteiger partial charge in [-0.15, -0.1) is 0 Å². The molecule has 0 aliphatic carbocycles. The van der Waals surface area contributed by atoms with Gasteiger partial charge in [0.1, 0.15) is 0 Å². The molecule has 0 spiro atoms. The SMILES string of the molecule is CCCCCCC.[Re]. The normalized spacial score (nSPS) is 8.25. The van der Waals surface area contributed by atoms with Gasteiger partial charge in [0, 0.05) is 20.4 Å². The Morgan fingerprint density at radius 2 is 1.12 bits per heavy atom. The van der Waals surface area contributed by atoms with Crippen molar-refractivity contribution in [2.45, 2.75) is 46.0 Å². The van der Waals surface area contributed by atoms with Crippen molar-refractivity contribution in [3.05, 3.63) is 0 Å². The van der Waals surface area contributed by atoms with Crippen molar-refractivity contribution < 1.29 is 20.4 Å². The smallest absolute Gasteiger partial charge is 0 e. The van der Waals surface area contributed by atoms with E-state index in [2.05, 4.69) is 13.8 Å². The first-order valence-electron chi connectivity index (χ1n) is 3.41. The molecular formula is C7H16Re. The van der Waals surface area contributed by atoms with Gasteiger partial charge in [-0.3, -0.25) is 0 Å². The molecule has 0 N–H and O–H groups in total. The van der Waals surface area contributed by atoms with Crippen molar-refractivity contribution in [1.29, 1.82) is 0 Å². The maximum absolute atomic E-state index is 2.25. The summed E-state index contributed by atoms with van der Waals surface area (Å²) < 4.78 is 0. The second-order valence-corrected chi connectivity index (χ2v) is 2.06. The number of hydrogen-bond donors (Lipinski definition) is 0. The fourth-order valence-corrected chi connectivity index (χ4v) is 0.677. The molecule has 0 heterocycles. The molecule has 0 aliphatic rings. The Bertz CT molecular complexity index is 23.6. The standard InChI is InChI=1S/C7H16.Re/c1-3-5-7-6-4-2;/h3-7H2,1-2H3;. The predicted octanol–water partition coefficient (Wildman–Crippen LogP) is 2.97. The Morgan fingerprint density at radius 1 is 0.750 bits per heavy atom. The fourth-order valence-electron chi connectivity index (χ4n) is 0.677. The molecule has 1 heteroatoms. The third-order valence-electron chi connectivity index (χ3n) is 1.21. The van der Waals surface area contributed by atoms with Crippen LogP contribution in [0, 0.1) is 0 Å². The van der Waals surface area contributed by atoms with Crippen molar-refractivity contribution in [2.24, 2.45) is 0 Å². The van der Waals surface area contributed by atoms with E-state index in [1.807, 2.05) is 0 Å². The number of rotatable bonds is 4. The topological polar surface area (TPSA) is 0 Å². The molecule has 0 rings (SSSR count). The van der Waals surface area contributed by atoms with Crippen LogP contribution in [0.15, 0.2) is 0 Å². The van der Waals surface area contributed by atoms with Crippen LogP contribution in [-0.4, -0.2) is 0 Å². The summed E-state index contributed by atoms with van der Waals surface area (Å²) in [6, 6.07) is 0. The molecule has 0 saturated heterocycles. The fraction of sp³-hybridized carbons (Fsp3) is 1.00. The molecule has 8 heavy (non-hydrogen) atoms. The molecule has 0 unspecified atom stereocenters. The van der Waals surface area contributed by atoms with Gasteiger partial charge < -0.3 is 0 Å². The van der Waals surface area contributed by atoms with E-state index in [4.69, 9.17) is 0 Å². The minimum Gasteiger partial charge on any atom is -0.0654 e. The Morgan fingerprint density at radius 3 is 1.38 bits per heavy atom. The first kappa shape index (κ1) is 11.5. The second-order valence-electron chi connectivity index (χ2n) is 2.06. The summed E-state index contributed by atoms with van der Waals surface area (Å²) in [4.78, 5) is 0. The minimum absolute atomic E-state index is 0. The van der Waals surface area contributed by atoms with Crippen molar-refractivity contribution in [1.82, 2.24) is 0 Å². The Balaban J connectivity index is 0. The van der Waals surface area contributed by atoms with Crippen LogP contribution in [0.25, 0.3) is 0 Å². The molecule has 1 radical (unpaired) electrons. The summed E-state index contributed by atoms with van der Waals surface area (Å²) in [6.07, 6.45) is 7.01. The van der Waals surface area contributed by atoms with Crippen molar-refractivity contribution in [3.8, 4) is 0 Å². The van der Waals surface area contributed by atoms with Gasteiger partial charge >= 0.3 is 0 Å². The zero-order chi connectivity index (χ0) is 5.54. The van der Waals surface area contributed by atoms with Crippen LogP contribution in [0.2, 0.25) is 0 Å².